The maximum Gasteiger partial charge on any atom is 0.344 e. The summed E-state index contributed by atoms with van der Waals surface area (Å²) in [5.74, 6) is 0.829. The summed E-state index contributed by atoms with van der Waals surface area (Å²) < 4.78 is 10.3. The largest absolute Gasteiger partial charge is 0.497 e. The molecule has 3 amide bonds. The van der Waals surface area contributed by atoms with Crippen LogP contribution in [0, 0.1) is 0 Å². The van der Waals surface area contributed by atoms with E-state index in [-0.39, 0.29) is 5.11 Å². The molecule has 2 aromatic rings. The van der Waals surface area contributed by atoms with Crippen molar-refractivity contribution in [2.75, 3.05) is 19.5 Å². The first-order chi connectivity index (χ1) is 13.4. The molecule has 1 aliphatic rings. The van der Waals surface area contributed by atoms with Crippen LogP contribution in [0.5, 0.6) is 11.5 Å². The Morgan fingerprint density at radius 3 is 2.39 bits per heavy atom. The van der Waals surface area contributed by atoms with Crippen molar-refractivity contribution in [2.45, 2.75) is 12.5 Å². The molecule has 0 aliphatic carbocycles. The minimum atomic E-state index is -1.22. The fourth-order valence-corrected chi connectivity index (χ4v) is 3.03. The number of imide groups is 1. The van der Waals surface area contributed by atoms with Crippen molar-refractivity contribution < 1.29 is 19.1 Å². The Balaban J connectivity index is 1.73. The molecule has 146 valence electrons. The van der Waals surface area contributed by atoms with Crippen LogP contribution in [-0.2, 0) is 10.3 Å². The molecule has 1 aliphatic heterocycles. The van der Waals surface area contributed by atoms with E-state index in [1.54, 1.807) is 69.7 Å². The Labute approximate surface area is 167 Å². The average molecular weight is 400 g/mol. The zero-order chi connectivity index (χ0) is 20.3. The molecule has 1 saturated heterocycles. The third-order valence-corrected chi connectivity index (χ3v) is 4.59. The van der Waals surface area contributed by atoms with Crippen molar-refractivity contribution in [3.8, 4) is 11.5 Å². The number of hydrogen-bond donors (Lipinski definition) is 3. The number of ether oxygens (including phenoxy) is 2. The van der Waals surface area contributed by atoms with E-state index in [1.807, 2.05) is 0 Å². The van der Waals surface area contributed by atoms with Gasteiger partial charge in [0, 0.05) is 11.8 Å². The lowest BCUT2D eigenvalue weighted by Crippen LogP contribution is -2.49. The number of thiocarbonyl (C=S) groups is 1. The van der Waals surface area contributed by atoms with Crippen LogP contribution in [-0.4, -0.2) is 36.3 Å². The normalized spacial score (nSPS) is 18.5. The predicted octanol–water partition coefficient (Wildman–Crippen LogP) is 2.37. The number of hydrogen-bond acceptors (Lipinski definition) is 5. The first-order valence-corrected chi connectivity index (χ1v) is 8.81. The first kappa shape index (κ1) is 19.4. The van der Waals surface area contributed by atoms with Gasteiger partial charge in [-0.2, -0.15) is 5.01 Å². The zero-order valence-corrected chi connectivity index (χ0v) is 16.4. The first-order valence-electron chi connectivity index (χ1n) is 8.40. The van der Waals surface area contributed by atoms with Crippen LogP contribution in [0.3, 0.4) is 0 Å². The van der Waals surface area contributed by atoms with Crippen LogP contribution in [0.2, 0.25) is 0 Å². The van der Waals surface area contributed by atoms with Gasteiger partial charge in [0.1, 0.15) is 17.0 Å². The SMILES string of the molecule is COc1ccc([C@]2(C)NC(=O)N(NC(=S)Nc3cccc(OC)c3)C2=O)cc1. The minimum Gasteiger partial charge on any atom is -0.497 e. The highest BCUT2D eigenvalue weighted by Crippen LogP contribution is 2.29. The fourth-order valence-electron chi connectivity index (χ4n) is 2.82. The van der Waals surface area contributed by atoms with Gasteiger partial charge in [0.25, 0.3) is 5.91 Å². The number of benzene rings is 2. The molecule has 1 heterocycles. The van der Waals surface area contributed by atoms with Crippen molar-refractivity contribution >= 4 is 35.0 Å². The van der Waals surface area contributed by atoms with Gasteiger partial charge in [0.05, 0.1) is 14.2 Å². The Hall–Kier alpha value is -3.33. The molecule has 1 fully saturated rings. The molecule has 0 unspecified atom stereocenters. The lowest BCUT2D eigenvalue weighted by Gasteiger charge is -2.23. The van der Waals surface area contributed by atoms with Gasteiger partial charge >= 0.3 is 6.03 Å². The lowest BCUT2D eigenvalue weighted by molar-refractivity contribution is -0.132. The molecular weight excluding hydrogens is 380 g/mol. The topological polar surface area (TPSA) is 91.9 Å². The summed E-state index contributed by atoms with van der Waals surface area (Å²) in [6, 6.07) is 13.4. The zero-order valence-electron chi connectivity index (χ0n) is 15.6. The minimum absolute atomic E-state index is 0.0933. The molecule has 3 rings (SSSR count). The highest BCUT2D eigenvalue weighted by molar-refractivity contribution is 7.80. The van der Waals surface area contributed by atoms with Crippen molar-refractivity contribution in [1.82, 2.24) is 15.8 Å². The second kappa shape index (κ2) is 7.73. The van der Waals surface area contributed by atoms with E-state index < -0.39 is 17.5 Å². The summed E-state index contributed by atoms with van der Waals surface area (Å²) in [4.78, 5) is 25.3. The van der Waals surface area contributed by atoms with Crippen LogP contribution in [0.1, 0.15) is 12.5 Å². The van der Waals surface area contributed by atoms with Crippen LogP contribution in [0.25, 0.3) is 0 Å². The molecule has 0 saturated carbocycles. The van der Waals surface area contributed by atoms with Crippen molar-refractivity contribution in [3.63, 3.8) is 0 Å². The number of urea groups is 1. The summed E-state index contributed by atoms with van der Waals surface area (Å²) in [6.07, 6.45) is 0. The molecule has 9 heteroatoms. The summed E-state index contributed by atoms with van der Waals surface area (Å²) in [7, 11) is 3.12. The molecule has 0 aromatic heterocycles. The molecule has 2 aromatic carbocycles. The van der Waals surface area contributed by atoms with Crippen molar-refractivity contribution in [3.05, 3.63) is 54.1 Å². The van der Waals surface area contributed by atoms with Gasteiger partial charge in [0.15, 0.2) is 5.11 Å². The van der Waals surface area contributed by atoms with E-state index >= 15 is 0 Å². The van der Waals surface area contributed by atoms with Gasteiger partial charge in [-0.3, -0.25) is 10.2 Å². The summed E-state index contributed by atoms with van der Waals surface area (Å²) in [5.41, 5.74) is 2.70. The number of nitrogens with one attached hydrogen (secondary N) is 3. The van der Waals surface area contributed by atoms with Gasteiger partial charge in [-0.25, -0.2) is 4.79 Å². The monoisotopic (exact) mass is 400 g/mol. The van der Waals surface area contributed by atoms with E-state index in [0.29, 0.717) is 22.7 Å². The highest BCUT2D eigenvalue weighted by Gasteiger charge is 2.49. The number of carbonyl (C=O) groups is 2. The van der Waals surface area contributed by atoms with Gasteiger partial charge in [-0.15, -0.1) is 0 Å². The number of carbonyl (C=O) groups excluding carboxylic acids is 2. The molecule has 0 spiro atoms. The summed E-state index contributed by atoms with van der Waals surface area (Å²) in [6.45, 7) is 1.63. The number of methoxy groups -OCH3 is 2. The van der Waals surface area contributed by atoms with Gasteiger partial charge < -0.3 is 20.1 Å². The quantitative estimate of drug-likeness (QED) is 0.524. The second-order valence-corrected chi connectivity index (χ2v) is 6.63. The van der Waals surface area contributed by atoms with E-state index in [0.717, 1.165) is 5.01 Å². The molecule has 1 atom stereocenters. The molecule has 0 radical (unpaired) electrons. The van der Waals surface area contributed by atoms with Crippen molar-refractivity contribution in [1.29, 1.82) is 0 Å². The second-order valence-electron chi connectivity index (χ2n) is 6.22. The highest BCUT2D eigenvalue weighted by atomic mass is 32.1. The standard InChI is InChI=1S/C19H20N4O4S/c1-19(12-7-9-14(26-2)10-8-12)16(24)23(18(25)21-19)22-17(28)20-13-5-4-6-15(11-13)27-3/h4-11H,1-3H3,(H,21,25)(H2,20,22,28)/t19-/m0/s1. The predicted molar refractivity (Wildman–Crippen MR) is 108 cm³/mol. The molecule has 8 nitrogen and oxygen atoms in total. The van der Waals surface area contributed by atoms with Gasteiger partial charge in [-0.05, 0) is 49.0 Å². The van der Waals surface area contributed by atoms with E-state index in [4.69, 9.17) is 21.7 Å². The number of amides is 3. The van der Waals surface area contributed by atoms with E-state index in [9.17, 15) is 9.59 Å². The Kier molecular flexibility index (Phi) is 5.36. The summed E-state index contributed by atoms with van der Waals surface area (Å²) >= 11 is 5.23. The molecule has 3 N–H and O–H groups in total. The maximum absolute atomic E-state index is 12.9. The number of hydrazine groups is 1. The summed E-state index contributed by atoms with van der Waals surface area (Å²) in [5, 5.41) is 6.57. The third kappa shape index (κ3) is 3.70. The maximum atomic E-state index is 12.9. The number of rotatable bonds is 5. The Morgan fingerprint density at radius 1 is 1.07 bits per heavy atom. The third-order valence-electron chi connectivity index (χ3n) is 4.40. The number of anilines is 1. The molecule has 0 bridgehead atoms. The Morgan fingerprint density at radius 2 is 1.75 bits per heavy atom. The van der Waals surface area contributed by atoms with E-state index in [2.05, 4.69) is 16.1 Å². The molecular formula is C19H20N4O4S. The fraction of sp³-hybridized carbons (Fsp3) is 0.211. The Bertz CT molecular complexity index is 918. The van der Waals surface area contributed by atoms with Crippen LogP contribution in [0.4, 0.5) is 10.5 Å². The van der Waals surface area contributed by atoms with Crippen LogP contribution in [0.15, 0.2) is 48.5 Å². The molecule has 28 heavy (non-hydrogen) atoms. The van der Waals surface area contributed by atoms with Crippen molar-refractivity contribution in [2.24, 2.45) is 0 Å². The smallest absolute Gasteiger partial charge is 0.344 e. The van der Waals surface area contributed by atoms with Crippen LogP contribution < -0.4 is 25.5 Å². The van der Waals surface area contributed by atoms with Crippen LogP contribution >= 0.6 is 12.2 Å². The lowest BCUT2D eigenvalue weighted by atomic mass is 9.92. The van der Waals surface area contributed by atoms with E-state index in [1.165, 1.54) is 0 Å². The van der Waals surface area contributed by atoms with Gasteiger partial charge in [-0.1, -0.05) is 18.2 Å². The number of nitrogens with zero attached hydrogens (tertiary/aromatic N) is 1. The average Bonchev–Trinajstić information content (AvgIpc) is 2.92. The van der Waals surface area contributed by atoms with Gasteiger partial charge in [0.2, 0.25) is 0 Å².